The second-order valence-corrected chi connectivity index (χ2v) is 13.5. The van der Waals surface area contributed by atoms with Crippen LogP contribution in [0.2, 0.25) is 0 Å². The van der Waals surface area contributed by atoms with Crippen LogP contribution in [-0.2, 0) is 0 Å². The molecular formula is C36H17N3O8S2. The Labute approximate surface area is 279 Å². The fourth-order valence-corrected chi connectivity index (χ4v) is 8.73. The van der Waals surface area contributed by atoms with Crippen LogP contribution in [0, 0.1) is 0 Å². The number of aromatic carboxylic acids is 2. The van der Waals surface area contributed by atoms with E-state index in [-0.39, 0.29) is 49.5 Å². The van der Waals surface area contributed by atoms with Gasteiger partial charge in [0.1, 0.15) is 11.5 Å². The maximum atomic E-state index is 13.8. The van der Waals surface area contributed by atoms with Crippen LogP contribution in [0.4, 0.5) is 0 Å². The third kappa shape index (κ3) is 4.00. The summed E-state index contributed by atoms with van der Waals surface area (Å²) in [5, 5.41) is 43.5. The maximum absolute atomic E-state index is 13.8. The minimum absolute atomic E-state index is 0.0716. The number of carboxylic acid groups (broad SMARTS) is 2. The van der Waals surface area contributed by atoms with Crippen molar-refractivity contribution in [3.63, 3.8) is 0 Å². The molecule has 11 nitrogen and oxygen atoms in total. The van der Waals surface area contributed by atoms with Gasteiger partial charge in [-0.2, -0.15) is 0 Å². The number of nitrogens with zero attached hydrogens (tertiary/aromatic N) is 3. The highest BCUT2D eigenvalue weighted by molar-refractivity contribution is 7.32. The van der Waals surface area contributed by atoms with E-state index in [2.05, 4.69) is 0 Å². The van der Waals surface area contributed by atoms with E-state index in [1.165, 1.54) is 34.8 Å². The summed E-state index contributed by atoms with van der Waals surface area (Å²) in [6.07, 6.45) is 0. The summed E-state index contributed by atoms with van der Waals surface area (Å²) >= 11 is 2.95. The number of carbonyl (C=O) groups is 2. The average molecular weight is 684 g/mol. The van der Waals surface area contributed by atoms with Crippen LogP contribution in [0.3, 0.4) is 0 Å². The molecule has 0 amide bonds. The van der Waals surface area contributed by atoms with Crippen LogP contribution in [-0.4, -0.2) is 46.9 Å². The number of aromatic hydroxyl groups is 2. The van der Waals surface area contributed by atoms with Gasteiger partial charge in [-0.15, -0.1) is 22.7 Å². The van der Waals surface area contributed by atoms with E-state index >= 15 is 0 Å². The molecular weight excluding hydrogens is 667 g/mol. The zero-order chi connectivity index (χ0) is 33.9. The summed E-state index contributed by atoms with van der Waals surface area (Å²) in [5.74, 6) is -3.46. The van der Waals surface area contributed by atoms with Crippen molar-refractivity contribution in [2.45, 2.75) is 0 Å². The third-order valence-electron chi connectivity index (χ3n) is 8.66. The number of phenolic OH excluding ortho intramolecular Hbond substituents is 2. The number of carboxylic acids is 2. The Kier molecular flexibility index (Phi) is 5.89. The summed E-state index contributed by atoms with van der Waals surface area (Å²) < 4.78 is 3.97. The Morgan fingerprint density at radius 2 is 1.02 bits per heavy atom. The monoisotopic (exact) mass is 683 g/mol. The van der Waals surface area contributed by atoms with Gasteiger partial charge in [0.25, 0.3) is 11.1 Å². The predicted molar refractivity (Wildman–Crippen MR) is 189 cm³/mol. The van der Waals surface area contributed by atoms with Gasteiger partial charge in [-0.1, -0.05) is 24.3 Å². The van der Waals surface area contributed by atoms with Crippen molar-refractivity contribution in [2.24, 2.45) is 0 Å². The fourth-order valence-electron chi connectivity index (χ4n) is 6.44. The molecule has 0 aliphatic rings. The van der Waals surface area contributed by atoms with Gasteiger partial charge in [-0.3, -0.25) is 9.59 Å². The highest BCUT2D eigenvalue weighted by atomic mass is 32.1. The summed E-state index contributed by atoms with van der Waals surface area (Å²) in [6.45, 7) is 0. The first-order chi connectivity index (χ1) is 23.6. The number of phenols is 2. The lowest BCUT2D eigenvalue weighted by atomic mass is 9.97. The minimum Gasteiger partial charge on any atom is -0.507 e. The number of rotatable bonds is 3. The molecule has 0 radical (unpaired) electrons. The molecule has 0 unspecified atom stereocenters. The van der Waals surface area contributed by atoms with Gasteiger partial charge in [-0.25, -0.2) is 24.1 Å². The highest BCUT2D eigenvalue weighted by Gasteiger charge is 2.26. The van der Waals surface area contributed by atoms with Gasteiger partial charge in [-0.05, 0) is 54.6 Å². The number of aromatic nitrogens is 3. The summed E-state index contributed by atoms with van der Waals surface area (Å²) in [7, 11) is 0. The topological polar surface area (TPSA) is 180 Å². The first-order valence-corrected chi connectivity index (χ1v) is 16.3. The lowest BCUT2D eigenvalue weighted by Crippen LogP contribution is -2.24. The summed E-state index contributed by atoms with van der Waals surface area (Å²) in [5.41, 5.74) is -0.637. The van der Waals surface area contributed by atoms with E-state index in [1.807, 2.05) is 48.5 Å². The molecule has 9 rings (SSSR count). The Hall–Kier alpha value is -6.44. The second-order valence-electron chi connectivity index (χ2n) is 11.4. The third-order valence-corrected chi connectivity index (χ3v) is 11.1. The average Bonchev–Trinajstić information content (AvgIpc) is 3.35. The standard InChI is InChI=1S/C36H17N3O8S2/c40-29-17-12-19-20(34(43)39(33(19)42)16-10-14(35(44)45)9-15(11-16)36(46)47)13-18(17)30(41)26-25(29)27-31(48-23-7-3-1-5-21(23)37-27)32-28(26)38-22-6-2-4-8-24(22)49-32/h1-13,40-41H,(H,44,45)(H,46,47). The van der Waals surface area contributed by atoms with E-state index in [0.29, 0.717) is 26.6 Å². The molecule has 0 saturated heterocycles. The number of para-hydroxylation sites is 2. The van der Waals surface area contributed by atoms with Gasteiger partial charge in [0.15, 0.2) is 0 Å². The lowest BCUT2D eigenvalue weighted by molar-refractivity contribution is 0.0696. The van der Waals surface area contributed by atoms with E-state index in [1.54, 1.807) is 0 Å². The number of hydrogen-bond donors (Lipinski definition) is 4. The normalized spacial score (nSPS) is 11.9. The molecule has 49 heavy (non-hydrogen) atoms. The van der Waals surface area contributed by atoms with Gasteiger partial charge in [0.05, 0.1) is 79.2 Å². The van der Waals surface area contributed by atoms with Crippen LogP contribution in [0.25, 0.3) is 78.9 Å². The number of fused-ring (bicyclic) bond motifs is 10. The minimum atomic E-state index is -1.45. The van der Waals surface area contributed by atoms with Crippen molar-refractivity contribution >= 4 is 108 Å². The van der Waals surface area contributed by atoms with Crippen molar-refractivity contribution in [2.75, 3.05) is 0 Å². The van der Waals surface area contributed by atoms with Crippen molar-refractivity contribution in [3.8, 4) is 17.2 Å². The van der Waals surface area contributed by atoms with Crippen molar-refractivity contribution in [1.82, 2.24) is 14.5 Å². The fraction of sp³-hybridized carbons (Fsp3) is 0. The molecule has 9 aromatic rings. The van der Waals surface area contributed by atoms with Crippen LogP contribution >= 0.6 is 22.7 Å². The van der Waals surface area contributed by atoms with Crippen molar-refractivity contribution < 1.29 is 30.0 Å². The predicted octanol–water partition coefficient (Wildman–Crippen LogP) is 6.99. The van der Waals surface area contributed by atoms with E-state index in [9.17, 15) is 39.6 Å². The molecule has 0 aliphatic heterocycles. The molecule has 0 fully saturated rings. The Bertz CT molecular complexity index is 2940. The van der Waals surface area contributed by atoms with Crippen LogP contribution in [0.1, 0.15) is 20.7 Å². The van der Waals surface area contributed by atoms with Gasteiger partial charge >= 0.3 is 11.9 Å². The van der Waals surface area contributed by atoms with Crippen LogP contribution < -0.4 is 11.1 Å². The molecule has 6 aromatic carbocycles. The summed E-state index contributed by atoms with van der Waals surface area (Å²) in [4.78, 5) is 60.9. The molecule has 236 valence electrons. The van der Waals surface area contributed by atoms with Crippen molar-refractivity contribution in [3.05, 3.63) is 111 Å². The van der Waals surface area contributed by atoms with Crippen LogP contribution in [0.15, 0.2) is 88.5 Å². The number of hydrogen-bond acceptors (Lipinski definition) is 10. The maximum Gasteiger partial charge on any atom is 0.335 e. The molecule has 13 heteroatoms. The molecule has 0 spiro atoms. The summed E-state index contributed by atoms with van der Waals surface area (Å²) in [6, 6.07) is 20.7. The quantitative estimate of drug-likeness (QED) is 0.0861. The molecule has 4 N–H and O–H groups in total. The molecule has 0 bridgehead atoms. The lowest BCUT2D eigenvalue weighted by Gasteiger charge is -2.15. The van der Waals surface area contributed by atoms with Gasteiger partial charge in [0.2, 0.25) is 0 Å². The van der Waals surface area contributed by atoms with Gasteiger partial charge < -0.3 is 20.4 Å². The van der Waals surface area contributed by atoms with Gasteiger partial charge in [0, 0.05) is 10.8 Å². The number of benzene rings is 6. The Morgan fingerprint density at radius 3 is 1.45 bits per heavy atom. The van der Waals surface area contributed by atoms with E-state index in [0.717, 1.165) is 37.0 Å². The first kappa shape index (κ1) is 28.8. The Balaban J connectivity index is 1.46. The Morgan fingerprint density at radius 1 is 0.592 bits per heavy atom. The largest absolute Gasteiger partial charge is 0.507 e. The van der Waals surface area contributed by atoms with Crippen LogP contribution in [0.5, 0.6) is 11.5 Å². The molecule has 0 atom stereocenters. The van der Waals surface area contributed by atoms with E-state index in [4.69, 9.17) is 9.97 Å². The second kappa shape index (κ2) is 10.0. The molecule has 3 aromatic heterocycles. The molecule has 0 saturated carbocycles. The molecule has 0 aliphatic carbocycles. The SMILES string of the molecule is O=C(O)c1cc(C(=O)O)cc(-n2c(=O)c3cc4c(O)c5c6nc7ccccc7sc6c6sc7ccccc7nc6c5c(O)c4cc3c2=O)c1. The molecule has 3 heterocycles. The smallest absolute Gasteiger partial charge is 0.335 e. The van der Waals surface area contributed by atoms with Crippen molar-refractivity contribution in [1.29, 1.82) is 0 Å². The highest BCUT2D eigenvalue weighted by Crippen LogP contribution is 2.50. The zero-order valence-corrected chi connectivity index (χ0v) is 26.2. The van der Waals surface area contributed by atoms with E-state index < -0.39 is 34.2 Å². The first-order valence-electron chi connectivity index (χ1n) is 14.6. The zero-order valence-electron chi connectivity index (χ0n) is 24.6.